The Hall–Kier alpha value is -2.90. The normalized spacial score (nSPS) is 19.0. The van der Waals surface area contributed by atoms with Crippen LogP contribution in [0.25, 0.3) is 0 Å². The number of carbonyl (C=O) groups excluding carboxylic acids is 1. The second kappa shape index (κ2) is 11.7. The molecule has 1 heterocycles. The molecule has 0 aromatic heterocycles. The predicted molar refractivity (Wildman–Crippen MR) is 128 cm³/mol. The summed E-state index contributed by atoms with van der Waals surface area (Å²) in [4.78, 5) is 15.5. The number of alkyl halides is 3. The number of piperidine rings is 1. The summed E-state index contributed by atoms with van der Waals surface area (Å²) in [6, 6.07) is 13.2. The van der Waals surface area contributed by atoms with E-state index in [0.717, 1.165) is 50.0 Å². The molecule has 4 rings (SSSR count). The summed E-state index contributed by atoms with van der Waals surface area (Å²) >= 11 is 0. The molecule has 2 aliphatic rings. The van der Waals surface area contributed by atoms with E-state index < -0.39 is 11.8 Å². The number of ether oxygens (including phenoxy) is 3. The van der Waals surface area contributed by atoms with Crippen LogP contribution < -0.4 is 14.2 Å². The lowest BCUT2D eigenvalue weighted by molar-refractivity contribution is -0.274. The molecule has 1 aliphatic heterocycles. The lowest BCUT2D eigenvalue weighted by atomic mass is 9.63. The number of rotatable bonds is 7. The smallest absolute Gasteiger partial charge is 0.497 e. The first-order chi connectivity index (χ1) is 16.8. The number of hydrogen-bond acceptors (Lipinski definition) is 4. The Morgan fingerprint density at radius 3 is 2.11 bits per heavy atom. The number of benzene rings is 2. The van der Waals surface area contributed by atoms with Crippen LogP contribution in [0.15, 0.2) is 48.5 Å². The summed E-state index contributed by atoms with van der Waals surface area (Å²) in [6.45, 7) is 5.75. The van der Waals surface area contributed by atoms with Crippen molar-refractivity contribution in [3.05, 3.63) is 54.1 Å². The van der Waals surface area contributed by atoms with Crippen molar-refractivity contribution in [1.29, 1.82) is 0 Å². The van der Waals surface area contributed by atoms with Gasteiger partial charge in [-0.15, -0.1) is 13.2 Å². The molecule has 0 N–H and O–H groups in total. The van der Waals surface area contributed by atoms with Crippen LogP contribution in [0, 0.1) is 5.92 Å². The van der Waals surface area contributed by atoms with Gasteiger partial charge in [0.05, 0.1) is 19.1 Å². The first kappa shape index (κ1) is 26.7. The minimum atomic E-state index is -4.72. The number of methoxy groups -OCH3 is 1. The van der Waals surface area contributed by atoms with Gasteiger partial charge in [0.15, 0.2) is 0 Å². The van der Waals surface area contributed by atoms with Crippen LogP contribution in [0.1, 0.15) is 51.5 Å². The fraction of sp³-hybridized carbons (Fsp3) is 0.519. The van der Waals surface area contributed by atoms with E-state index in [4.69, 9.17) is 9.47 Å². The maximum absolute atomic E-state index is 13.6. The van der Waals surface area contributed by atoms with Gasteiger partial charge in [0.2, 0.25) is 5.91 Å². The Morgan fingerprint density at radius 2 is 1.57 bits per heavy atom. The molecule has 1 amide bonds. The first-order valence-corrected chi connectivity index (χ1v) is 12.2. The van der Waals surface area contributed by atoms with Crippen LogP contribution in [0.4, 0.5) is 13.2 Å². The average Bonchev–Trinajstić information content (AvgIpc) is 2.84. The zero-order valence-corrected chi connectivity index (χ0v) is 20.6. The molecule has 1 aliphatic carbocycles. The van der Waals surface area contributed by atoms with E-state index >= 15 is 0 Å². The van der Waals surface area contributed by atoms with Gasteiger partial charge < -0.3 is 19.1 Å². The van der Waals surface area contributed by atoms with Gasteiger partial charge in [-0.3, -0.25) is 4.79 Å². The van der Waals surface area contributed by atoms with Crippen molar-refractivity contribution >= 4 is 5.91 Å². The van der Waals surface area contributed by atoms with Crippen LogP contribution in [-0.4, -0.2) is 44.0 Å². The zero-order chi connectivity index (χ0) is 25.5. The monoisotopic (exact) mass is 493 g/mol. The molecule has 0 spiro atoms. The number of hydrogen-bond donors (Lipinski definition) is 0. The topological polar surface area (TPSA) is 48.0 Å². The Bertz CT molecular complexity index is 940. The average molecular weight is 494 g/mol. The van der Waals surface area contributed by atoms with Crippen LogP contribution in [0.2, 0.25) is 0 Å². The molecular formula is C27H34F3NO4. The van der Waals surface area contributed by atoms with E-state index in [1.54, 1.807) is 7.11 Å². The van der Waals surface area contributed by atoms with Gasteiger partial charge in [-0.05, 0) is 67.6 Å². The van der Waals surface area contributed by atoms with Crippen molar-refractivity contribution < 1.29 is 32.2 Å². The molecule has 1 atom stereocenters. The largest absolute Gasteiger partial charge is 0.573 e. The van der Waals surface area contributed by atoms with Gasteiger partial charge >= 0.3 is 6.36 Å². The molecule has 1 unspecified atom stereocenters. The minimum absolute atomic E-state index is 0.168. The van der Waals surface area contributed by atoms with Gasteiger partial charge in [-0.2, -0.15) is 0 Å². The molecule has 35 heavy (non-hydrogen) atoms. The van der Waals surface area contributed by atoms with Gasteiger partial charge in [0, 0.05) is 19.0 Å². The number of carbonyl (C=O) groups is 1. The van der Waals surface area contributed by atoms with Crippen molar-refractivity contribution in [3.8, 4) is 17.2 Å². The molecule has 2 aromatic carbocycles. The highest BCUT2D eigenvalue weighted by atomic mass is 19.4. The Balaban J connectivity index is 0.00000167. The molecule has 1 saturated heterocycles. The van der Waals surface area contributed by atoms with Crippen molar-refractivity contribution in [1.82, 2.24) is 4.90 Å². The van der Waals surface area contributed by atoms with E-state index in [-0.39, 0.29) is 17.6 Å². The molecular weight excluding hydrogens is 459 g/mol. The quantitative estimate of drug-likeness (QED) is 0.450. The van der Waals surface area contributed by atoms with E-state index in [1.807, 2.05) is 43.0 Å². The molecule has 2 aromatic rings. The van der Waals surface area contributed by atoms with Crippen LogP contribution in [0.3, 0.4) is 0 Å². The van der Waals surface area contributed by atoms with E-state index in [0.29, 0.717) is 18.9 Å². The Kier molecular flexibility index (Phi) is 8.92. The van der Waals surface area contributed by atoms with Gasteiger partial charge in [-0.25, -0.2) is 0 Å². The summed E-state index contributed by atoms with van der Waals surface area (Å²) in [7, 11) is 1.62. The maximum Gasteiger partial charge on any atom is 0.573 e. The first-order valence-electron chi connectivity index (χ1n) is 12.2. The number of amides is 1. The number of likely N-dealkylation sites (tertiary alicyclic amines) is 1. The molecule has 1 saturated carbocycles. The SMILES string of the molecule is CC.COc1ccc(C2(C(=O)N3CCCC(COc4ccc(OC(F)(F)F)cc4)C3)CCC2)cc1. The third-order valence-corrected chi connectivity index (χ3v) is 6.61. The second-order valence-corrected chi connectivity index (χ2v) is 8.75. The van der Waals surface area contributed by atoms with E-state index in [2.05, 4.69) is 4.74 Å². The van der Waals surface area contributed by atoms with Crippen LogP contribution in [0.5, 0.6) is 17.2 Å². The highest BCUT2D eigenvalue weighted by Crippen LogP contribution is 2.46. The zero-order valence-electron chi connectivity index (χ0n) is 20.6. The summed E-state index contributed by atoms with van der Waals surface area (Å²) < 4.78 is 51.8. The van der Waals surface area contributed by atoms with Gasteiger partial charge in [0.1, 0.15) is 17.2 Å². The Morgan fingerprint density at radius 1 is 0.971 bits per heavy atom. The molecule has 5 nitrogen and oxygen atoms in total. The number of halogens is 3. The van der Waals surface area contributed by atoms with Crippen molar-refractivity contribution in [2.75, 3.05) is 26.8 Å². The predicted octanol–water partition coefficient (Wildman–Crippen LogP) is 6.36. The Labute approximate surface area is 205 Å². The molecule has 192 valence electrons. The third kappa shape index (κ3) is 6.61. The minimum Gasteiger partial charge on any atom is -0.497 e. The third-order valence-electron chi connectivity index (χ3n) is 6.61. The van der Waals surface area contributed by atoms with Gasteiger partial charge in [-0.1, -0.05) is 32.4 Å². The standard InChI is InChI=1S/C25H28F3NO4.C2H6/c1-31-20-7-5-19(6-8-20)24(13-3-14-24)23(30)29-15-2-4-18(16-29)17-32-21-9-11-22(12-10-21)33-25(26,27)28;1-2/h5-12,18H,2-4,13-17H2,1H3;1-2H3. The molecule has 0 radical (unpaired) electrons. The second-order valence-electron chi connectivity index (χ2n) is 8.75. The van der Waals surface area contributed by atoms with Gasteiger partial charge in [0.25, 0.3) is 0 Å². The summed E-state index contributed by atoms with van der Waals surface area (Å²) in [5, 5.41) is 0. The lowest BCUT2D eigenvalue weighted by Gasteiger charge is -2.46. The molecule has 2 fully saturated rings. The van der Waals surface area contributed by atoms with Crippen molar-refractivity contribution in [2.45, 2.75) is 57.7 Å². The fourth-order valence-electron chi connectivity index (χ4n) is 4.71. The lowest BCUT2D eigenvalue weighted by Crippen LogP contribution is -2.54. The summed E-state index contributed by atoms with van der Waals surface area (Å²) in [5.74, 6) is 1.31. The maximum atomic E-state index is 13.6. The highest BCUT2D eigenvalue weighted by molar-refractivity contribution is 5.89. The molecule has 0 bridgehead atoms. The summed E-state index contributed by atoms with van der Waals surface area (Å²) in [5.41, 5.74) is 0.586. The van der Waals surface area contributed by atoms with Crippen molar-refractivity contribution in [2.24, 2.45) is 5.92 Å². The molecule has 8 heteroatoms. The summed E-state index contributed by atoms with van der Waals surface area (Å²) in [6.07, 6.45) is -0.147. The van der Waals surface area contributed by atoms with E-state index in [1.165, 1.54) is 24.3 Å². The van der Waals surface area contributed by atoms with Crippen molar-refractivity contribution in [3.63, 3.8) is 0 Å². The van der Waals surface area contributed by atoms with E-state index in [9.17, 15) is 18.0 Å². The van der Waals surface area contributed by atoms with Crippen LogP contribution in [-0.2, 0) is 10.2 Å². The van der Waals surface area contributed by atoms with Crippen LogP contribution >= 0.6 is 0 Å². The fourth-order valence-corrected chi connectivity index (χ4v) is 4.71. The highest BCUT2D eigenvalue weighted by Gasteiger charge is 2.48. The number of nitrogens with zero attached hydrogens (tertiary/aromatic N) is 1.